The zero-order valence-corrected chi connectivity index (χ0v) is 8.05. The fraction of sp³-hybridized carbons (Fsp3) is 0.400. The Morgan fingerprint density at radius 1 is 1.67 bits per heavy atom. The van der Waals surface area contributed by atoms with Crippen molar-refractivity contribution in [2.24, 2.45) is 5.92 Å². The fourth-order valence-electron chi connectivity index (χ4n) is 1.45. The van der Waals surface area contributed by atoms with Gasteiger partial charge in [-0.25, -0.2) is 4.79 Å². The summed E-state index contributed by atoms with van der Waals surface area (Å²) < 4.78 is 9.99. The Hall–Kier alpha value is -1.96. The molecule has 5 nitrogen and oxygen atoms in total. The third kappa shape index (κ3) is 2.10. The predicted molar refractivity (Wildman–Crippen MR) is 49.6 cm³/mol. The van der Waals surface area contributed by atoms with Crippen LogP contribution in [0, 0.1) is 17.2 Å². The highest BCUT2D eigenvalue weighted by molar-refractivity contribution is 5.68. The van der Waals surface area contributed by atoms with Gasteiger partial charge in [0, 0.05) is 6.54 Å². The van der Waals surface area contributed by atoms with Gasteiger partial charge in [-0.3, -0.25) is 4.90 Å². The molecular formula is C10H10N2O3. The minimum Gasteiger partial charge on any atom is -0.467 e. The van der Waals surface area contributed by atoms with Gasteiger partial charge in [0.25, 0.3) is 0 Å². The summed E-state index contributed by atoms with van der Waals surface area (Å²) in [6.45, 7) is 0.935. The highest BCUT2D eigenvalue weighted by atomic mass is 16.6. The lowest BCUT2D eigenvalue weighted by Crippen LogP contribution is -2.41. The summed E-state index contributed by atoms with van der Waals surface area (Å²) in [7, 11) is 0. The van der Waals surface area contributed by atoms with Gasteiger partial charge in [0.05, 0.1) is 24.8 Å². The molecule has 1 fully saturated rings. The van der Waals surface area contributed by atoms with Crippen molar-refractivity contribution in [1.29, 1.82) is 5.26 Å². The lowest BCUT2D eigenvalue weighted by Gasteiger charge is -2.28. The van der Waals surface area contributed by atoms with Crippen LogP contribution in [0.1, 0.15) is 5.76 Å². The Morgan fingerprint density at radius 2 is 2.53 bits per heavy atom. The van der Waals surface area contributed by atoms with Gasteiger partial charge in [-0.15, -0.1) is 0 Å². The zero-order chi connectivity index (χ0) is 10.7. The molecule has 0 bridgehead atoms. The molecule has 1 saturated heterocycles. The zero-order valence-electron chi connectivity index (χ0n) is 8.05. The summed E-state index contributed by atoms with van der Waals surface area (Å²) in [6.07, 6.45) is 1.16. The van der Waals surface area contributed by atoms with Crippen molar-refractivity contribution in [1.82, 2.24) is 4.90 Å². The number of cyclic esters (lactones) is 1. The van der Waals surface area contributed by atoms with Gasteiger partial charge < -0.3 is 9.15 Å². The SMILES string of the molecule is N#CC1COC(=O)N(Cc2ccco2)C1. The van der Waals surface area contributed by atoms with Gasteiger partial charge in [-0.1, -0.05) is 0 Å². The number of carbonyl (C=O) groups excluding carboxylic acids is 1. The van der Waals surface area contributed by atoms with E-state index in [1.807, 2.05) is 0 Å². The van der Waals surface area contributed by atoms with E-state index in [9.17, 15) is 4.79 Å². The fourth-order valence-corrected chi connectivity index (χ4v) is 1.45. The normalized spacial score (nSPS) is 20.9. The molecule has 0 spiro atoms. The maximum Gasteiger partial charge on any atom is 0.410 e. The number of rotatable bonds is 2. The molecule has 0 saturated carbocycles. The van der Waals surface area contributed by atoms with E-state index in [1.165, 1.54) is 4.90 Å². The molecule has 78 valence electrons. The van der Waals surface area contributed by atoms with E-state index >= 15 is 0 Å². The van der Waals surface area contributed by atoms with Gasteiger partial charge in [0.15, 0.2) is 0 Å². The van der Waals surface area contributed by atoms with Crippen LogP contribution < -0.4 is 0 Å². The summed E-state index contributed by atoms with van der Waals surface area (Å²) in [6, 6.07) is 5.62. The number of nitriles is 1. The van der Waals surface area contributed by atoms with Crippen LogP contribution >= 0.6 is 0 Å². The third-order valence-electron chi connectivity index (χ3n) is 2.22. The van der Waals surface area contributed by atoms with E-state index in [2.05, 4.69) is 6.07 Å². The molecule has 5 heteroatoms. The Labute approximate surface area is 86.8 Å². The summed E-state index contributed by atoms with van der Waals surface area (Å²) in [4.78, 5) is 12.8. The highest BCUT2D eigenvalue weighted by Crippen LogP contribution is 2.14. The lowest BCUT2D eigenvalue weighted by atomic mass is 10.1. The van der Waals surface area contributed by atoms with E-state index in [1.54, 1.807) is 18.4 Å². The molecule has 1 atom stereocenters. The molecule has 1 aliphatic heterocycles. The topological polar surface area (TPSA) is 66.5 Å². The van der Waals surface area contributed by atoms with Crippen molar-refractivity contribution >= 4 is 6.09 Å². The van der Waals surface area contributed by atoms with E-state index in [0.717, 1.165) is 0 Å². The number of ether oxygens (including phenoxy) is 1. The van der Waals surface area contributed by atoms with E-state index in [0.29, 0.717) is 18.8 Å². The molecule has 1 unspecified atom stereocenters. The quantitative estimate of drug-likeness (QED) is 0.732. The largest absolute Gasteiger partial charge is 0.467 e. The van der Waals surface area contributed by atoms with Crippen LogP contribution in [-0.2, 0) is 11.3 Å². The minimum atomic E-state index is -0.391. The molecule has 0 N–H and O–H groups in total. The monoisotopic (exact) mass is 206 g/mol. The van der Waals surface area contributed by atoms with E-state index in [-0.39, 0.29) is 12.5 Å². The number of nitrogens with zero attached hydrogens (tertiary/aromatic N) is 2. The van der Waals surface area contributed by atoms with Crippen molar-refractivity contribution in [3.05, 3.63) is 24.2 Å². The Bertz CT molecular complexity index is 380. The van der Waals surface area contributed by atoms with Crippen molar-refractivity contribution in [3.63, 3.8) is 0 Å². The summed E-state index contributed by atoms with van der Waals surface area (Å²) in [5.74, 6) is 0.434. The molecular weight excluding hydrogens is 196 g/mol. The van der Waals surface area contributed by atoms with Crippen LogP contribution in [0.2, 0.25) is 0 Å². The third-order valence-corrected chi connectivity index (χ3v) is 2.22. The molecule has 0 aromatic carbocycles. The Balaban J connectivity index is 2.01. The first-order chi connectivity index (χ1) is 7.29. The number of furan rings is 1. The average Bonchev–Trinajstić information content (AvgIpc) is 2.74. The van der Waals surface area contributed by atoms with Gasteiger partial charge in [-0.05, 0) is 12.1 Å². The minimum absolute atomic E-state index is 0.185. The summed E-state index contributed by atoms with van der Waals surface area (Å²) in [5, 5.41) is 8.73. The predicted octanol–water partition coefficient (Wildman–Crippen LogP) is 1.37. The first kappa shape index (κ1) is 9.59. The Kier molecular flexibility index (Phi) is 2.59. The molecule has 1 aliphatic rings. The number of hydrogen-bond donors (Lipinski definition) is 0. The molecule has 0 aliphatic carbocycles. The van der Waals surface area contributed by atoms with Crippen LogP contribution in [0.4, 0.5) is 4.79 Å². The van der Waals surface area contributed by atoms with Crippen LogP contribution in [0.3, 0.4) is 0 Å². The Morgan fingerprint density at radius 3 is 3.20 bits per heavy atom. The second-order valence-corrected chi connectivity index (χ2v) is 3.36. The maximum absolute atomic E-state index is 11.3. The van der Waals surface area contributed by atoms with Crippen molar-refractivity contribution in [2.45, 2.75) is 6.54 Å². The smallest absolute Gasteiger partial charge is 0.410 e. The number of carbonyl (C=O) groups is 1. The summed E-state index contributed by atoms with van der Waals surface area (Å²) in [5.41, 5.74) is 0. The molecule has 2 rings (SSSR count). The number of hydrogen-bond acceptors (Lipinski definition) is 4. The van der Waals surface area contributed by atoms with Crippen molar-refractivity contribution in [3.8, 4) is 6.07 Å². The summed E-state index contributed by atoms with van der Waals surface area (Å²) >= 11 is 0. The standard InChI is InChI=1S/C10H10N2O3/c11-4-8-5-12(10(13)15-7-8)6-9-2-1-3-14-9/h1-3,8H,5-7H2. The van der Waals surface area contributed by atoms with E-state index in [4.69, 9.17) is 14.4 Å². The molecule has 1 aromatic rings. The molecule has 15 heavy (non-hydrogen) atoms. The second-order valence-electron chi connectivity index (χ2n) is 3.36. The van der Waals surface area contributed by atoms with E-state index < -0.39 is 6.09 Å². The van der Waals surface area contributed by atoms with Crippen LogP contribution in [0.25, 0.3) is 0 Å². The maximum atomic E-state index is 11.3. The van der Waals surface area contributed by atoms with Crippen molar-refractivity contribution in [2.75, 3.05) is 13.2 Å². The van der Waals surface area contributed by atoms with Gasteiger partial charge in [0.1, 0.15) is 12.4 Å². The van der Waals surface area contributed by atoms with Gasteiger partial charge >= 0.3 is 6.09 Å². The average molecular weight is 206 g/mol. The van der Waals surface area contributed by atoms with Gasteiger partial charge in [-0.2, -0.15) is 5.26 Å². The van der Waals surface area contributed by atoms with Crippen LogP contribution in [0.15, 0.2) is 22.8 Å². The van der Waals surface area contributed by atoms with Gasteiger partial charge in [0.2, 0.25) is 0 Å². The molecule has 2 heterocycles. The van der Waals surface area contributed by atoms with Crippen molar-refractivity contribution < 1.29 is 13.9 Å². The lowest BCUT2D eigenvalue weighted by molar-refractivity contribution is 0.0511. The van der Waals surface area contributed by atoms with Crippen LogP contribution in [-0.4, -0.2) is 24.1 Å². The molecule has 1 aromatic heterocycles. The second kappa shape index (κ2) is 4.05. The number of amides is 1. The molecule has 1 amide bonds. The first-order valence-corrected chi connectivity index (χ1v) is 4.63. The highest BCUT2D eigenvalue weighted by Gasteiger charge is 2.27. The first-order valence-electron chi connectivity index (χ1n) is 4.63. The van der Waals surface area contributed by atoms with Crippen LogP contribution in [0.5, 0.6) is 0 Å². The molecule has 0 radical (unpaired) electrons.